The Morgan fingerprint density at radius 1 is 1.38 bits per heavy atom. The van der Waals surface area contributed by atoms with E-state index in [4.69, 9.17) is 4.42 Å². The van der Waals surface area contributed by atoms with Crippen LogP contribution in [0.2, 0.25) is 0 Å². The number of thiophene rings is 1. The molecule has 2 aromatic rings. The number of halogens is 2. The summed E-state index contributed by atoms with van der Waals surface area (Å²) in [6, 6.07) is 3.89. The monoisotopic (exact) mass is 351 g/mol. The molecule has 0 aromatic carbocycles. The molecule has 0 spiro atoms. The first kappa shape index (κ1) is 19.9. The Morgan fingerprint density at radius 3 is 2.86 bits per heavy atom. The fraction of sp³-hybridized carbons (Fsp3) is 0.385. The summed E-state index contributed by atoms with van der Waals surface area (Å²) in [6.07, 6.45) is 2.72. The molecule has 0 aliphatic rings. The van der Waals surface area contributed by atoms with E-state index in [-0.39, 0.29) is 37.1 Å². The highest BCUT2D eigenvalue weighted by molar-refractivity contribution is 7.13. The molecule has 8 heteroatoms. The van der Waals surface area contributed by atoms with Crippen LogP contribution >= 0.6 is 36.2 Å². The van der Waals surface area contributed by atoms with E-state index in [0.717, 1.165) is 17.8 Å². The van der Waals surface area contributed by atoms with Crippen molar-refractivity contribution in [1.82, 2.24) is 15.6 Å². The van der Waals surface area contributed by atoms with Gasteiger partial charge in [-0.1, -0.05) is 6.07 Å². The lowest BCUT2D eigenvalue weighted by Crippen LogP contribution is -2.28. The smallest absolute Gasteiger partial charge is 0.236 e. The van der Waals surface area contributed by atoms with Gasteiger partial charge in [0.1, 0.15) is 6.26 Å². The lowest BCUT2D eigenvalue weighted by atomic mass is 10.3. The van der Waals surface area contributed by atoms with Gasteiger partial charge in [0, 0.05) is 6.54 Å². The zero-order valence-electron chi connectivity index (χ0n) is 11.6. The predicted octanol–water partition coefficient (Wildman–Crippen LogP) is 2.51. The number of carbonyl (C=O) groups excluding carboxylic acids is 1. The van der Waals surface area contributed by atoms with Crippen LogP contribution in [-0.2, 0) is 11.2 Å². The molecule has 0 fully saturated rings. The Morgan fingerprint density at radius 2 is 2.19 bits per heavy atom. The standard InChI is InChI=1S/C13H17N3O2S.2ClH/c1-14-5-3-6-15-12(17)8-10-9-18-13(16-10)11-4-2-7-19-11;;/h2,4,7,9,14H,3,5-6,8H2,1H3,(H,15,17);2*1H. The Balaban J connectivity index is 0.00000200. The van der Waals surface area contributed by atoms with E-state index in [1.165, 1.54) is 0 Å². The van der Waals surface area contributed by atoms with E-state index < -0.39 is 0 Å². The van der Waals surface area contributed by atoms with Crippen LogP contribution in [0.15, 0.2) is 28.2 Å². The quantitative estimate of drug-likeness (QED) is 0.752. The van der Waals surface area contributed by atoms with E-state index in [2.05, 4.69) is 15.6 Å². The SMILES string of the molecule is CNCCCNC(=O)Cc1coc(-c2cccs2)n1.Cl.Cl. The number of rotatable bonds is 7. The third-order valence-electron chi connectivity index (χ3n) is 2.55. The maximum Gasteiger partial charge on any atom is 0.236 e. The molecule has 2 rings (SSSR count). The van der Waals surface area contributed by atoms with Gasteiger partial charge in [-0.3, -0.25) is 4.79 Å². The third kappa shape index (κ3) is 6.48. The van der Waals surface area contributed by atoms with Crippen LogP contribution in [-0.4, -0.2) is 31.0 Å². The van der Waals surface area contributed by atoms with Crippen LogP contribution in [0.5, 0.6) is 0 Å². The number of oxazole rings is 1. The molecule has 2 aromatic heterocycles. The second kappa shape index (κ2) is 10.6. The van der Waals surface area contributed by atoms with Crippen molar-refractivity contribution in [2.45, 2.75) is 12.8 Å². The van der Waals surface area contributed by atoms with Gasteiger partial charge in [0.25, 0.3) is 0 Å². The first-order valence-corrected chi connectivity index (χ1v) is 7.07. The molecule has 0 unspecified atom stereocenters. The second-order valence-corrected chi connectivity index (χ2v) is 5.05. The number of nitrogens with zero attached hydrogens (tertiary/aromatic N) is 1. The molecule has 0 atom stereocenters. The zero-order valence-corrected chi connectivity index (χ0v) is 14.1. The number of hydrogen-bond donors (Lipinski definition) is 2. The fourth-order valence-corrected chi connectivity index (χ4v) is 2.28. The molecule has 0 bridgehead atoms. The van der Waals surface area contributed by atoms with Gasteiger partial charge in [0.05, 0.1) is 17.0 Å². The summed E-state index contributed by atoms with van der Waals surface area (Å²) in [4.78, 5) is 16.9. The average Bonchev–Trinajstić information content (AvgIpc) is 3.04. The Kier molecular flexibility index (Phi) is 10.1. The van der Waals surface area contributed by atoms with Crippen molar-refractivity contribution in [3.63, 3.8) is 0 Å². The van der Waals surface area contributed by atoms with Crippen molar-refractivity contribution in [2.24, 2.45) is 0 Å². The van der Waals surface area contributed by atoms with E-state index >= 15 is 0 Å². The highest BCUT2D eigenvalue weighted by Crippen LogP contribution is 2.23. The van der Waals surface area contributed by atoms with Gasteiger partial charge < -0.3 is 15.1 Å². The number of amides is 1. The highest BCUT2D eigenvalue weighted by Gasteiger charge is 2.10. The summed E-state index contributed by atoms with van der Waals surface area (Å²) >= 11 is 1.56. The molecule has 2 heterocycles. The van der Waals surface area contributed by atoms with E-state index in [9.17, 15) is 4.79 Å². The van der Waals surface area contributed by atoms with E-state index in [1.54, 1.807) is 17.6 Å². The molecular weight excluding hydrogens is 333 g/mol. The van der Waals surface area contributed by atoms with Gasteiger partial charge in [0.2, 0.25) is 11.8 Å². The fourth-order valence-electron chi connectivity index (χ4n) is 1.62. The van der Waals surface area contributed by atoms with Gasteiger partial charge >= 0.3 is 0 Å². The molecule has 1 amide bonds. The lowest BCUT2D eigenvalue weighted by molar-refractivity contribution is -0.120. The Labute approximate surface area is 140 Å². The maximum atomic E-state index is 11.7. The summed E-state index contributed by atoms with van der Waals surface area (Å²) < 4.78 is 5.36. The van der Waals surface area contributed by atoms with Crippen LogP contribution in [0, 0.1) is 0 Å². The van der Waals surface area contributed by atoms with E-state index in [1.807, 2.05) is 24.6 Å². The lowest BCUT2D eigenvalue weighted by Gasteiger charge is -2.02. The van der Waals surface area contributed by atoms with Crippen LogP contribution in [0.1, 0.15) is 12.1 Å². The van der Waals surface area contributed by atoms with Crippen molar-refractivity contribution in [1.29, 1.82) is 0 Å². The largest absolute Gasteiger partial charge is 0.444 e. The van der Waals surface area contributed by atoms with Gasteiger partial charge in [-0.25, -0.2) is 4.98 Å². The highest BCUT2D eigenvalue weighted by atomic mass is 35.5. The van der Waals surface area contributed by atoms with Gasteiger partial charge in [0.15, 0.2) is 0 Å². The summed E-state index contributed by atoms with van der Waals surface area (Å²) in [5.41, 5.74) is 0.662. The first-order chi connectivity index (χ1) is 9.29. The molecule has 21 heavy (non-hydrogen) atoms. The normalized spacial score (nSPS) is 9.57. The molecule has 0 aliphatic heterocycles. The van der Waals surface area contributed by atoms with Crippen molar-refractivity contribution >= 4 is 42.1 Å². The summed E-state index contributed by atoms with van der Waals surface area (Å²) in [5.74, 6) is 0.551. The molecule has 0 aliphatic carbocycles. The van der Waals surface area contributed by atoms with Gasteiger partial charge in [-0.05, 0) is 31.5 Å². The number of hydrogen-bond acceptors (Lipinski definition) is 5. The van der Waals surface area contributed by atoms with Crippen molar-refractivity contribution in [2.75, 3.05) is 20.1 Å². The first-order valence-electron chi connectivity index (χ1n) is 6.19. The topological polar surface area (TPSA) is 67.2 Å². The molecule has 0 saturated heterocycles. The number of aromatic nitrogens is 1. The number of nitrogens with one attached hydrogen (secondary N) is 2. The van der Waals surface area contributed by atoms with E-state index in [0.29, 0.717) is 18.1 Å². The number of carbonyl (C=O) groups is 1. The molecule has 5 nitrogen and oxygen atoms in total. The summed E-state index contributed by atoms with van der Waals surface area (Å²) in [5, 5.41) is 7.85. The average molecular weight is 352 g/mol. The second-order valence-electron chi connectivity index (χ2n) is 4.11. The van der Waals surface area contributed by atoms with Gasteiger partial charge in [-0.15, -0.1) is 36.2 Å². The molecule has 0 saturated carbocycles. The Hall–Kier alpha value is -1.08. The summed E-state index contributed by atoms with van der Waals surface area (Å²) in [7, 11) is 1.89. The molecule has 0 radical (unpaired) electrons. The zero-order chi connectivity index (χ0) is 13.5. The van der Waals surface area contributed by atoms with Crippen molar-refractivity contribution < 1.29 is 9.21 Å². The van der Waals surface area contributed by atoms with Crippen LogP contribution in [0.4, 0.5) is 0 Å². The van der Waals surface area contributed by atoms with Crippen LogP contribution in [0.25, 0.3) is 10.8 Å². The van der Waals surface area contributed by atoms with Crippen LogP contribution in [0.3, 0.4) is 0 Å². The molecule has 2 N–H and O–H groups in total. The molecular formula is C13H19Cl2N3O2S. The Bertz CT molecular complexity index is 517. The predicted molar refractivity (Wildman–Crippen MR) is 89.6 cm³/mol. The maximum absolute atomic E-state index is 11.7. The molecule has 118 valence electrons. The van der Waals surface area contributed by atoms with Crippen LogP contribution < -0.4 is 10.6 Å². The minimum absolute atomic E-state index is 0. The third-order valence-corrected chi connectivity index (χ3v) is 3.41. The minimum Gasteiger partial charge on any atom is -0.444 e. The van der Waals surface area contributed by atoms with Crippen molar-refractivity contribution in [3.05, 3.63) is 29.5 Å². The minimum atomic E-state index is -0.0258. The summed E-state index contributed by atoms with van der Waals surface area (Å²) in [6.45, 7) is 1.57. The van der Waals surface area contributed by atoms with Gasteiger partial charge in [-0.2, -0.15) is 0 Å². The van der Waals surface area contributed by atoms with Crippen molar-refractivity contribution in [3.8, 4) is 10.8 Å².